The molecule has 1 saturated heterocycles. The predicted octanol–water partition coefficient (Wildman–Crippen LogP) is 3.23. The minimum absolute atomic E-state index is 0.0960. The first kappa shape index (κ1) is 22.4. The third kappa shape index (κ3) is 10.2. The third-order valence-corrected chi connectivity index (χ3v) is 5.00. The Labute approximate surface area is 154 Å². The Morgan fingerprint density at radius 3 is 2.48 bits per heavy atom. The first-order valence-electron chi connectivity index (χ1n) is 9.87. The number of hydrogen-bond acceptors (Lipinski definition) is 4. The molecule has 0 aromatic rings. The molecule has 1 amide bonds. The van der Waals surface area contributed by atoms with Crippen molar-refractivity contribution in [1.29, 1.82) is 0 Å². The van der Waals surface area contributed by atoms with Gasteiger partial charge in [-0.05, 0) is 72.9 Å². The monoisotopic (exact) mass is 356 g/mol. The van der Waals surface area contributed by atoms with E-state index < -0.39 is 0 Å². The number of carbonyl (C=O) groups excluding carboxylic acids is 1. The van der Waals surface area contributed by atoms with Gasteiger partial charge in [0, 0.05) is 19.5 Å². The molecule has 1 unspecified atom stereocenters. The van der Waals surface area contributed by atoms with Gasteiger partial charge in [-0.15, -0.1) is 0 Å². The van der Waals surface area contributed by atoms with Gasteiger partial charge in [-0.25, -0.2) is 0 Å². The average molecular weight is 357 g/mol. The summed E-state index contributed by atoms with van der Waals surface area (Å²) in [5.74, 6) is 0.747. The van der Waals surface area contributed by atoms with Crippen LogP contribution in [0.5, 0.6) is 0 Å². The molecule has 1 fully saturated rings. The zero-order chi connectivity index (χ0) is 18.9. The number of ether oxygens (including phenoxy) is 2. The Hall–Kier alpha value is -0.650. The summed E-state index contributed by atoms with van der Waals surface area (Å²) in [6.07, 6.45) is 4.77. The standard InChI is InChI=1S/C20H40N2O3/c1-7-18(23)21-12-10-19(2,3)24-14-11-20(4,5)25-16-17-9-8-13-22(6)15-17/h17H,7-16H2,1-6H3,(H,21,23). The van der Waals surface area contributed by atoms with Gasteiger partial charge in [0.2, 0.25) is 5.91 Å². The number of carbonyl (C=O) groups is 1. The van der Waals surface area contributed by atoms with Crippen LogP contribution in [-0.4, -0.2) is 61.9 Å². The van der Waals surface area contributed by atoms with Crippen LogP contribution in [0.4, 0.5) is 0 Å². The van der Waals surface area contributed by atoms with Gasteiger partial charge in [0.15, 0.2) is 0 Å². The molecule has 148 valence electrons. The van der Waals surface area contributed by atoms with E-state index in [9.17, 15) is 4.79 Å². The molecule has 1 aliphatic rings. The van der Waals surface area contributed by atoms with Crippen LogP contribution in [0.1, 0.15) is 66.7 Å². The van der Waals surface area contributed by atoms with Crippen molar-refractivity contribution in [1.82, 2.24) is 10.2 Å². The smallest absolute Gasteiger partial charge is 0.219 e. The fourth-order valence-electron chi connectivity index (χ4n) is 3.10. The lowest BCUT2D eigenvalue weighted by molar-refractivity contribution is -0.121. The summed E-state index contributed by atoms with van der Waals surface area (Å²) >= 11 is 0. The second-order valence-electron chi connectivity index (χ2n) is 8.65. The summed E-state index contributed by atoms with van der Waals surface area (Å²) in [4.78, 5) is 13.7. The zero-order valence-corrected chi connectivity index (χ0v) is 17.3. The largest absolute Gasteiger partial charge is 0.375 e. The van der Waals surface area contributed by atoms with Crippen LogP contribution in [0, 0.1) is 5.92 Å². The molecule has 1 N–H and O–H groups in total. The number of likely N-dealkylation sites (tertiary alicyclic amines) is 1. The molecule has 1 aliphatic heterocycles. The quantitative estimate of drug-likeness (QED) is 0.617. The summed E-state index contributed by atoms with van der Waals surface area (Å²) in [5.41, 5.74) is -0.397. The average Bonchev–Trinajstić information content (AvgIpc) is 2.52. The molecule has 0 spiro atoms. The van der Waals surface area contributed by atoms with Crippen molar-refractivity contribution in [2.45, 2.75) is 77.9 Å². The molecule has 5 nitrogen and oxygen atoms in total. The molecule has 1 rings (SSSR count). The summed E-state index contributed by atoms with van der Waals surface area (Å²) in [5, 5.41) is 2.91. The third-order valence-electron chi connectivity index (χ3n) is 5.00. The first-order chi connectivity index (χ1) is 11.6. The van der Waals surface area contributed by atoms with Crippen molar-refractivity contribution in [3.05, 3.63) is 0 Å². The maximum atomic E-state index is 11.3. The minimum Gasteiger partial charge on any atom is -0.375 e. The zero-order valence-electron chi connectivity index (χ0n) is 17.3. The van der Waals surface area contributed by atoms with Crippen molar-refractivity contribution >= 4 is 5.91 Å². The van der Waals surface area contributed by atoms with Crippen molar-refractivity contribution in [2.24, 2.45) is 5.92 Å². The van der Waals surface area contributed by atoms with Gasteiger partial charge in [-0.3, -0.25) is 4.79 Å². The van der Waals surface area contributed by atoms with E-state index in [4.69, 9.17) is 9.47 Å². The topological polar surface area (TPSA) is 50.8 Å². The predicted molar refractivity (Wildman–Crippen MR) is 103 cm³/mol. The highest BCUT2D eigenvalue weighted by Gasteiger charge is 2.25. The Kier molecular flexibility index (Phi) is 9.39. The van der Waals surface area contributed by atoms with Crippen LogP contribution >= 0.6 is 0 Å². The van der Waals surface area contributed by atoms with Crippen molar-refractivity contribution < 1.29 is 14.3 Å². The summed E-state index contributed by atoms with van der Waals surface area (Å²) in [6, 6.07) is 0. The molecule has 1 heterocycles. The second-order valence-corrected chi connectivity index (χ2v) is 8.65. The van der Waals surface area contributed by atoms with Crippen LogP contribution < -0.4 is 5.32 Å². The Bertz CT molecular complexity index is 396. The van der Waals surface area contributed by atoms with E-state index in [1.165, 1.54) is 19.4 Å². The molecule has 5 heteroatoms. The summed E-state index contributed by atoms with van der Waals surface area (Å²) in [7, 11) is 2.19. The van der Waals surface area contributed by atoms with Gasteiger partial charge in [0.05, 0.1) is 24.4 Å². The number of rotatable bonds is 11. The molecule has 0 saturated carbocycles. The summed E-state index contributed by atoms with van der Waals surface area (Å²) < 4.78 is 12.2. The molecule has 0 aromatic carbocycles. The fraction of sp³-hybridized carbons (Fsp3) is 0.950. The maximum absolute atomic E-state index is 11.3. The van der Waals surface area contributed by atoms with Crippen molar-refractivity contribution in [2.75, 3.05) is 39.9 Å². The fourth-order valence-corrected chi connectivity index (χ4v) is 3.10. The number of amides is 1. The molecular weight excluding hydrogens is 316 g/mol. The maximum Gasteiger partial charge on any atom is 0.219 e. The van der Waals surface area contributed by atoms with Gasteiger partial charge in [0.1, 0.15) is 0 Å². The number of piperidine rings is 1. The van der Waals surface area contributed by atoms with Crippen LogP contribution in [0.3, 0.4) is 0 Å². The number of nitrogens with one attached hydrogen (secondary N) is 1. The highest BCUT2D eigenvalue weighted by Crippen LogP contribution is 2.22. The lowest BCUT2D eigenvalue weighted by Gasteiger charge is -2.34. The minimum atomic E-state index is -0.233. The highest BCUT2D eigenvalue weighted by molar-refractivity contribution is 5.75. The van der Waals surface area contributed by atoms with E-state index in [1.807, 2.05) is 6.92 Å². The Balaban J connectivity index is 2.22. The van der Waals surface area contributed by atoms with Crippen LogP contribution in [0.15, 0.2) is 0 Å². The van der Waals surface area contributed by atoms with E-state index in [2.05, 4.69) is 45.0 Å². The molecule has 0 aromatic heterocycles. The Morgan fingerprint density at radius 1 is 1.16 bits per heavy atom. The molecule has 1 atom stereocenters. The Morgan fingerprint density at radius 2 is 1.84 bits per heavy atom. The van der Waals surface area contributed by atoms with Crippen LogP contribution in [0.2, 0.25) is 0 Å². The first-order valence-corrected chi connectivity index (χ1v) is 9.87. The molecule has 0 radical (unpaired) electrons. The second kappa shape index (κ2) is 10.5. The van der Waals surface area contributed by atoms with E-state index >= 15 is 0 Å². The SMILES string of the molecule is CCC(=O)NCCC(C)(C)OCCC(C)(C)OCC1CCCN(C)C1. The van der Waals surface area contributed by atoms with Gasteiger partial charge in [-0.1, -0.05) is 6.92 Å². The highest BCUT2D eigenvalue weighted by atomic mass is 16.5. The van der Waals surface area contributed by atoms with Crippen LogP contribution in [-0.2, 0) is 14.3 Å². The van der Waals surface area contributed by atoms with Gasteiger partial charge in [-0.2, -0.15) is 0 Å². The number of hydrogen-bond donors (Lipinski definition) is 1. The van der Waals surface area contributed by atoms with Crippen molar-refractivity contribution in [3.63, 3.8) is 0 Å². The van der Waals surface area contributed by atoms with E-state index in [1.54, 1.807) is 0 Å². The lowest BCUT2D eigenvalue weighted by atomic mass is 9.98. The van der Waals surface area contributed by atoms with E-state index in [-0.39, 0.29) is 17.1 Å². The molecular formula is C20H40N2O3. The molecule has 0 aliphatic carbocycles. The number of nitrogens with zero attached hydrogens (tertiary/aromatic N) is 1. The molecule has 0 bridgehead atoms. The van der Waals surface area contributed by atoms with E-state index in [0.717, 1.165) is 26.0 Å². The van der Waals surface area contributed by atoms with Gasteiger partial charge in [0.25, 0.3) is 0 Å². The summed E-state index contributed by atoms with van der Waals surface area (Å²) in [6.45, 7) is 14.8. The van der Waals surface area contributed by atoms with E-state index in [0.29, 0.717) is 25.5 Å². The normalized spacial score (nSPS) is 19.8. The van der Waals surface area contributed by atoms with Crippen molar-refractivity contribution in [3.8, 4) is 0 Å². The van der Waals surface area contributed by atoms with Gasteiger partial charge < -0.3 is 19.7 Å². The van der Waals surface area contributed by atoms with Gasteiger partial charge >= 0.3 is 0 Å². The lowest BCUT2D eigenvalue weighted by Crippen LogP contribution is -2.38. The van der Waals surface area contributed by atoms with Crippen LogP contribution in [0.25, 0.3) is 0 Å². The molecule has 25 heavy (non-hydrogen) atoms.